The topological polar surface area (TPSA) is 29.5 Å². The monoisotopic (exact) mass is 355 g/mol. The Kier molecular flexibility index (Phi) is 4.11. The van der Waals surface area contributed by atoms with Crippen molar-refractivity contribution in [3.63, 3.8) is 0 Å². The molecule has 0 saturated carbocycles. The van der Waals surface area contributed by atoms with Gasteiger partial charge in [-0.2, -0.15) is 0 Å². The van der Waals surface area contributed by atoms with Gasteiger partial charge in [-0.15, -0.1) is 11.3 Å². The first-order valence-corrected chi connectivity index (χ1v) is 9.99. The highest BCUT2D eigenvalue weighted by molar-refractivity contribution is 7.17. The van der Waals surface area contributed by atoms with Crippen molar-refractivity contribution in [1.29, 1.82) is 0 Å². The van der Waals surface area contributed by atoms with Crippen LogP contribution in [0.25, 0.3) is 15.7 Å². The largest absolute Gasteiger partial charge is 0.444 e. The number of rotatable bonds is 1. The molecule has 3 heterocycles. The zero-order chi connectivity index (χ0) is 17.6. The molecule has 2 aromatic rings. The minimum atomic E-state index is -0.446. The summed E-state index contributed by atoms with van der Waals surface area (Å²) in [5.74, 6) is 0. The number of fused-ring (bicyclic) bond motifs is 3. The van der Waals surface area contributed by atoms with Crippen molar-refractivity contribution in [3.05, 3.63) is 41.3 Å². The number of thiophene rings is 1. The Morgan fingerprint density at radius 3 is 2.80 bits per heavy atom. The van der Waals surface area contributed by atoms with Gasteiger partial charge in [-0.1, -0.05) is 24.3 Å². The highest BCUT2D eigenvalue weighted by Crippen LogP contribution is 2.41. The van der Waals surface area contributed by atoms with Crippen molar-refractivity contribution in [2.45, 2.75) is 64.1 Å². The minimum absolute atomic E-state index is 0.160. The van der Waals surface area contributed by atoms with E-state index in [0.717, 1.165) is 19.3 Å². The van der Waals surface area contributed by atoms with Gasteiger partial charge >= 0.3 is 6.09 Å². The lowest BCUT2D eigenvalue weighted by molar-refractivity contribution is 0.0000941. The summed E-state index contributed by atoms with van der Waals surface area (Å²) in [7, 11) is 0. The molecule has 2 atom stereocenters. The summed E-state index contributed by atoms with van der Waals surface area (Å²) in [6, 6.07) is 9.01. The summed E-state index contributed by atoms with van der Waals surface area (Å²) in [5.41, 5.74) is 2.30. The summed E-state index contributed by atoms with van der Waals surface area (Å²) in [6.07, 6.45) is 6.36. The molecule has 1 saturated heterocycles. The maximum absolute atomic E-state index is 12.7. The van der Waals surface area contributed by atoms with Crippen molar-refractivity contribution in [2.75, 3.05) is 0 Å². The third-order valence-corrected chi connectivity index (χ3v) is 6.03. The van der Waals surface area contributed by atoms with Crippen molar-refractivity contribution >= 4 is 33.1 Å². The third kappa shape index (κ3) is 3.20. The molecule has 2 bridgehead atoms. The maximum atomic E-state index is 12.7. The Hall–Kier alpha value is -1.81. The third-order valence-electron chi connectivity index (χ3n) is 5.07. The summed E-state index contributed by atoms with van der Waals surface area (Å²) in [4.78, 5) is 14.7. The molecule has 1 aromatic heterocycles. The van der Waals surface area contributed by atoms with Crippen LogP contribution in [0, 0.1) is 0 Å². The SMILES string of the molecule is CC(C)(C)OC(=O)N1C2C=C(c3csc4ccccc34)CC1CCC2. The normalized spacial score (nSPS) is 23.5. The lowest BCUT2D eigenvalue weighted by Crippen LogP contribution is -2.52. The molecule has 2 aliphatic heterocycles. The van der Waals surface area contributed by atoms with Crippen molar-refractivity contribution in [2.24, 2.45) is 0 Å². The van der Waals surface area contributed by atoms with E-state index in [1.165, 1.54) is 27.6 Å². The number of hydrogen-bond acceptors (Lipinski definition) is 3. The number of benzene rings is 1. The van der Waals surface area contributed by atoms with E-state index in [1.54, 1.807) is 11.3 Å². The molecule has 4 heteroatoms. The molecule has 0 N–H and O–H groups in total. The minimum Gasteiger partial charge on any atom is -0.444 e. The zero-order valence-electron chi connectivity index (χ0n) is 15.1. The first kappa shape index (κ1) is 16.6. The van der Waals surface area contributed by atoms with Crippen LogP contribution in [0.3, 0.4) is 0 Å². The van der Waals surface area contributed by atoms with E-state index in [-0.39, 0.29) is 18.2 Å². The molecular weight excluding hydrogens is 330 g/mol. The van der Waals surface area contributed by atoms with Gasteiger partial charge in [0.15, 0.2) is 0 Å². The van der Waals surface area contributed by atoms with Gasteiger partial charge in [0.2, 0.25) is 0 Å². The molecular formula is C21H25NO2S. The van der Waals surface area contributed by atoms with Gasteiger partial charge in [-0.05, 0) is 74.4 Å². The van der Waals surface area contributed by atoms with Crippen LogP contribution in [0.15, 0.2) is 35.7 Å². The fourth-order valence-electron chi connectivity index (χ4n) is 4.06. The number of carbonyl (C=O) groups excluding carboxylic acids is 1. The van der Waals surface area contributed by atoms with E-state index in [9.17, 15) is 4.79 Å². The molecule has 4 rings (SSSR count). The molecule has 25 heavy (non-hydrogen) atoms. The first-order chi connectivity index (χ1) is 11.9. The molecule has 2 aliphatic rings. The Balaban J connectivity index is 1.66. The second-order valence-corrected chi connectivity index (χ2v) is 8.99. The van der Waals surface area contributed by atoms with Crippen LogP contribution in [-0.2, 0) is 4.74 Å². The number of piperidine rings is 1. The molecule has 0 aliphatic carbocycles. The lowest BCUT2D eigenvalue weighted by atomic mass is 9.83. The van der Waals surface area contributed by atoms with Gasteiger partial charge in [0.1, 0.15) is 5.60 Å². The average Bonchev–Trinajstić information content (AvgIpc) is 2.96. The van der Waals surface area contributed by atoms with Gasteiger partial charge in [-0.25, -0.2) is 4.79 Å². The highest BCUT2D eigenvalue weighted by Gasteiger charge is 2.39. The molecule has 1 amide bonds. The highest BCUT2D eigenvalue weighted by atomic mass is 32.1. The number of hydrogen-bond donors (Lipinski definition) is 0. The first-order valence-electron chi connectivity index (χ1n) is 9.11. The van der Waals surface area contributed by atoms with Gasteiger partial charge in [-0.3, -0.25) is 4.90 Å². The van der Waals surface area contributed by atoms with Gasteiger partial charge in [0, 0.05) is 10.7 Å². The summed E-state index contributed by atoms with van der Waals surface area (Å²) in [6.45, 7) is 5.80. The number of ether oxygens (including phenoxy) is 1. The van der Waals surface area contributed by atoms with Gasteiger partial charge in [0.25, 0.3) is 0 Å². The Labute approximate surface area is 153 Å². The molecule has 0 spiro atoms. The number of carbonyl (C=O) groups is 1. The Morgan fingerprint density at radius 1 is 1.24 bits per heavy atom. The van der Waals surface area contributed by atoms with E-state index in [4.69, 9.17) is 4.74 Å². The Bertz CT molecular complexity index is 830. The van der Waals surface area contributed by atoms with Crippen molar-refractivity contribution in [1.82, 2.24) is 4.90 Å². The standard InChI is InChI=1S/C21H25NO2S/c1-21(2,3)24-20(23)22-15-7-6-8-16(22)12-14(11-15)18-13-25-19-10-5-4-9-17(18)19/h4-5,9-11,13,15-16H,6-8,12H2,1-3H3. The van der Waals surface area contributed by atoms with Crippen LogP contribution in [0.4, 0.5) is 4.79 Å². The Morgan fingerprint density at radius 2 is 2.04 bits per heavy atom. The molecule has 2 unspecified atom stereocenters. The fraction of sp³-hybridized carbons (Fsp3) is 0.476. The van der Waals surface area contributed by atoms with Crippen LogP contribution >= 0.6 is 11.3 Å². The molecule has 3 nitrogen and oxygen atoms in total. The lowest BCUT2D eigenvalue weighted by Gasteiger charge is -2.45. The van der Waals surface area contributed by atoms with Crippen molar-refractivity contribution < 1.29 is 9.53 Å². The van der Waals surface area contributed by atoms with Gasteiger partial charge in [0.05, 0.1) is 6.04 Å². The van der Waals surface area contributed by atoms with Crippen LogP contribution < -0.4 is 0 Å². The fourth-order valence-corrected chi connectivity index (χ4v) is 5.04. The average molecular weight is 356 g/mol. The summed E-state index contributed by atoms with van der Waals surface area (Å²) < 4.78 is 7.00. The maximum Gasteiger partial charge on any atom is 0.411 e. The van der Waals surface area contributed by atoms with E-state index in [2.05, 4.69) is 35.7 Å². The van der Waals surface area contributed by atoms with Crippen LogP contribution in [0.1, 0.15) is 52.0 Å². The van der Waals surface area contributed by atoms with Crippen LogP contribution in [0.2, 0.25) is 0 Å². The zero-order valence-corrected chi connectivity index (χ0v) is 15.9. The van der Waals surface area contributed by atoms with E-state index in [0.29, 0.717) is 0 Å². The predicted octanol–water partition coefficient (Wildman–Crippen LogP) is 5.85. The summed E-state index contributed by atoms with van der Waals surface area (Å²) >= 11 is 1.80. The second kappa shape index (κ2) is 6.17. The smallest absolute Gasteiger partial charge is 0.411 e. The number of nitrogens with zero attached hydrogens (tertiary/aromatic N) is 1. The summed E-state index contributed by atoms with van der Waals surface area (Å²) in [5, 5.41) is 3.61. The van der Waals surface area contributed by atoms with Crippen LogP contribution in [0.5, 0.6) is 0 Å². The van der Waals surface area contributed by atoms with E-state index >= 15 is 0 Å². The number of amides is 1. The molecule has 1 fully saturated rings. The molecule has 1 aromatic carbocycles. The quantitative estimate of drug-likeness (QED) is 0.642. The predicted molar refractivity (Wildman–Crippen MR) is 104 cm³/mol. The van der Waals surface area contributed by atoms with Gasteiger partial charge < -0.3 is 4.74 Å². The van der Waals surface area contributed by atoms with E-state index in [1.807, 2.05) is 25.7 Å². The molecule has 132 valence electrons. The molecule has 0 radical (unpaired) electrons. The van der Waals surface area contributed by atoms with Crippen molar-refractivity contribution in [3.8, 4) is 0 Å². The van der Waals surface area contributed by atoms with Crippen LogP contribution in [-0.4, -0.2) is 28.7 Å². The van der Waals surface area contributed by atoms with E-state index < -0.39 is 5.60 Å². The second-order valence-electron chi connectivity index (χ2n) is 8.08.